The van der Waals surface area contributed by atoms with Gasteiger partial charge in [-0.2, -0.15) is 0 Å². The molecule has 0 heterocycles. The molecular weight excluding hydrogens is 141 g/mol. The summed E-state index contributed by atoms with van der Waals surface area (Å²) in [5, 5.41) is -0.510. The molecule has 46 valence electrons. The maximum absolute atomic E-state index is 12.2. The molecule has 0 unspecified atom stereocenters. The highest BCUT2D eigenvalue weighted by molar-refractivity contribution is 6.31. The first kappa shape index (κ1) is 8.01. The molecule has 0 N–H and O–H groups in total. The van der Waals surface area contributed by atoms with E-state index in [9.17, 15) is 4.39 Å². The largest absolute Gasteiger partial charge is 0.295 e. The lowest BCUT2D eigenvalue weighted by Gasteiger charge is -1.79. The number of nitrogens with zero attached hydrogens (tertiary/aromatic N) is 1. The zero-order valence-electron chi connectivity index (χ0n) is 4.70. The van der Waals surface area contributed by atoms with Gasteiger partial charge in [-0.25, -0.2) is 9.24 Å². The molecule has 0 radical (unpaired) electrons. The second kappa shape index (κ2) is 3.95. The minimum Gasteiger partial charge on any atom is -0.221 e. The summed E-state index contributed by atoms with van der Waals surface area (Å²) in [6.07, 6.45) is 0. The molecule has 0 aliphatic rings. The van der Waals surface area contributed by atoms with Crippen LogP contribution >= 0.6 is 11.6 Å². The Morgan fingerprint density at radius 1 is 1.78 bits per heavy atom. The average molecular weight is 144 g/mol. The number of halogens is 2. The van der Waals surface area contributed by atoms with Crippen molar-refractivity contribution < 1.29 is 4.39 Å². The van der Waals surface area contributed by atoms with Gasteiger partial charge in [0.15, 0.2) is 5.83 Å². The highest BCUT2D eigenvalue weighted by Gasteiger charge is 1.96. The van der Waals surface area contributed by atoms with Crippen LogP contribution in [0.2, 0.25) is 0 Å². The van der Waals surface area contributed by atoms with E-state index in [1.807, 2.05) is 5.92 Å². The number of allylic oxidation sites excluding steroid dienone is 1. The Hall–Kier alpha value is -0.990. The van der Waals surface area contributed by atoms with Gasteiger partial charge in [-0.05, 0) is 12.8 Å². The van der Waals surface area contributed by atoms with Crippen molar-refractivity contribution in [2.45, 2.75) is 6.92 Å². The molecule has 0 saturated carbocycles. The molecule has 0 saturated heterocycles. The van der Waals surface area contributed by atoms with Gasteiger partial charge in [0.1, 0.15) is 0 Å². The quantitative estimate of drug-likeness (QED) is 0.279. The van der Waals surface area contributed by atoms with Crippen molar-refractivity contribution in [3.63, 3.8) is 0 Å². The van der Waals surface area contributed by atoms with E-state index in [0.29, 0.717) is 0 Å². The molecule has 0 aromatic rings. The maximum Gasteiger partial charge on any atom is 0.295 e. The van der Waals surface area contributed by atoms with Gasteiger partial charge in [0.2, 0.25) is 0 Å². The van der Waals surface area contributed by atoms with Gasteiger partial charge in [-0.3, -0.25) is 0 Å². The molecule has 0 amide bonds. The molecule has 0 aliphatic heterocycles. The molecule has 0 rings (SSSR count). The molecule has 0 fully saturated rings. The first-order chi connectivity index (χ1) is 4.22. The van der Waals surface area contributed by atoms with Crippen molar-refractivity contribution >= 4 is 11.6 Å². The van der Waals surface area contributed by atoms with Crippen LogP contribution in [0.5, 0.6) is 0 Å². The molecule has 9 heavy (non-hydrogen) atoms. The summed E-state index contributed by atoms with van der Waals surface area (Å²) in [6, 6.07) is 0. The number of rotatable bonds is 0. The van der Waals surface area contributed by atoms with Crippen LogP contribution in [-0.4, -0.2) is 0 Å². The molecule has 3 heteroatoms. The molecule has 0 aromatic heterocycles. The normalized spacial score (nSPS) is 10.4. The van der Waals surface area contributed by atoms with Crippen molar-refractivity contribution in [1.82, 2.24) is 0 Å². The van der Waals surface area contributed by atoms with Gasteiger partial charge < -0.3 is 0 Å². The van der Waals surface area contributed by atoms with Crippen LogP contribution in [-0.2, 0) is 0 Å². The third kappa shape index (κ3) is 2.74. The van der Waals surface area contributed by atoms with E-state index in [0.717, 1.165) is 0 Å². The van der Waals surface area contributed by atoms with E-state index in [4.69, 9.17) is 18.2 Å². The fourth-order valence-corrected chi connectivity index (χ4v) is 0.258. The minimum atomic E-state index is -0.867. The van der Waals surface area contributed by atoms with Gasteiger partial charge in [-0.15, -0.1) is 17.5 Å². The van der Waals surface area contributed by atoms with Crippen molar-refractivity contribution in [3.05, 3.63) is 22.4 Å². The van der Waals surface area contributed by atoms with E-state index >= 15 is 0 Å². The van der Waals surface area contributed by atoms with Gasteiger partial charge in [0.25, 0.3) is 5.16 Å². The predicted molar refractivity (Wildman–Crippen MR) is 34.0 cm³/mol. The van der Waals surface area contributed by atoms with Gasteiger partial charge in [0.05, 0.1) is 6.57 Å². The zero-order valence-corrected chi connectivity index (χ0v) is 5.46. The zero-order chi connectivity index (χ0) is 7.28. The van der Waals surface area contributed by atoms with Crippen LogP contribution < -0.4 is 0 Å². The van der Waals surface area contributed by atoms with E-state index in [2.05, 4.69) is 10.8 Å². The van der Waals surface area contributed by atoms with E-state index in [1.54, 1.807) is 0 Å². The number of hydrogen-bond acceptors (Lipinski definition) is 0. The standard InChI is InChI=1S/C6H3ClFN/c1-3-4-5(8)6(7)9-2/h1H3/b6-5+. The van der Waals surface area contributed by atoms with Crippen molar-refractivity contribution in [3.8, 4) is 11.8 Å². The Kier molecular flexibility index (Phi) is 3.51. The molecule has 0 spiro atoms. The Labute approximate surface area is 57.9 Å². The van der Waals surface area contributed by atoms with E-state index < -0.39 is 11.0 Å². The van der Waals surface area contributed by atoms with Crippen molar-refractivity contribution in [2.24, 2.45) is 0 Å². The first-order valence-corrected chi connectivity index (χ1v) is 2.45. The topological polar surface area (TPSA) is 4.36 Å². The Morgan fingerprint density at radius 3 is 2.67 bits per heavy atom. The smallest absolute Gasteiger partial charge is 0.221 e. The summed E-state index contributed by atoms with van der Waals surface area (Å²) in [6.45, 7) is 7.71. The van der Waals surface area contributed by atoms with Gasteiger partial charge in [-0.1, -0.05) is 0 Å². The predicted octanol–water partition coefficient (Wildman–Crippen LogP) is 2.31. The van der Waals surface area contributed by atoms with Crippen LogP contribution in [0, 0.1) is 18.4 Å². The van der Waals surface area contributed by atoms with Gasteiger partial charge in [0, 0.05) is 0 Å². The minimum absolute atomic E-state index is 0.510. The van der Waals surface area contributed by atoms with Crippen LogP contribution in [0.4, 0.5) is 4.39 Å². The van der Waals surface area contributed by atoms with Crippen molar-refractivity contribution in [2.75, 3.05) is 0 Å². The molecule has 0 bridgehead atoms. The van der Waals surface area contributed by atoms with Crippen LogP contribution in [0.1, 0.15) is 6.92 Å². The van der Waals surface area contributed by atoms with Crippen LogP contribution in [0.25, 0.3) is 4.85 Å². The Morgan fingerprint density at radius 2 is 2.33 bits per heavy atom. The molecule has 1 nitrogen and oxygen atoms in total. The summed E-state index contributed by atoms with van der Waals surface area (Å²) in [7, 11) is 0. The lowest BCUT2D eigenvalue weighted by atomic mass is 10.5. The maximum atomic E-state index is 12.2. The summed E-state index contributed by atoms with van der Waals surface area (Å²) in [5.41, 5.74) is 0. The average Bonchev–Trinajstić information content (AvgIpc) is 1.87. The fourth-order valence-electron chi connectivity index (χ4n) is 0.210. The lowest BCUT2D eigenvalue weighted by molar-refractivity contribution is 0.673. The summed E-state index contributed by atoms with van der Waals surface area (Å²) < 4.78 is 12.2. The SMILES string of the molecule is [C-]#[N+]/C(Cl)=C(/F)C#CC. The number of hydrogen-bond donors (Lipinski definition) is 0. The van der Waals surface area contributed by atoms with Crippen LogP contribution in [0.15, 0.2) is 11.0 Å². The summed E-state index contributed by atoms with van der Waals surface area (Å²) in [5.74, 6) is 3.42. The summed E-state index contributed by atoms with van der Waals surface area (Å²) >= 11 is 5.04. The monoisotopic (exact) mass is 143 g/mol. The van der Waals surface area contributed by atoms with Crippen LogP contribution in [0.3, 0.4) is 0 Å². The second-order valence-corrected chi connectivity index (χ2v) is 1.45. The molecule has 0 aromatic carbocycles. The Bertz CT molecular complexity index is 226. The lowest BCUT2D eigenvalue weighted by Crippen LogP contribution is -1.66. The summed E-state index contributed by atoms with van der Waals surface area (Å²) in [4.78, 5) is 2.62. The van der Waals surface area contributed by atoms with E-state index in [1.165, 1.54) is 6.92 Å². The highest BCUT2D eigenvalue weighted by atomic mass is 35.5. The third-order valence-corrected chi connectivity index (χ3v) is 0.764. The molecular formula is C6H3ClFN. The second-order valence-electron chi connectivity index (χ2n) is 1.09. The van der Waals surface area contributed by atoms with Gasteiger partial charge >= 0.3 is 0 Å². The molecule has 0 aliphatic carbocycles. The third-order valence-electron chi connectivity index (χ3n) is 0.514. The van der Waals surface area contributed by atoms with E-state index in [-0.39, 0.29) is 0 Å². The fraction of sp³-hybridized carbons (Fsp3) is 0.167. The molecule has 0 atom stereocenters. The van der Waals surface area contributed by atoms with Crippen molar-refractivity contribution in [1.29, 1.82) is 0 Å². The Balaban J connectivity index is 4.47. The highest BCUT2D eigenvalue weighted by Crippen LogP contribution is 2.10. The first-order valence-electron chi connectivity index (χ1n) is 2.08.